The molecule has 0 unspecified atom stereocenters. The van der Waals surface area contributed by atoms with Crippen molar-refractivity contribution in [3.05, 3.63) is 0 Å². The van der Waals surface area contributed by atoms with Gasteiger partial charge < -0.3 is 11.5 Å². The number of halogens is 2. The van der Waals surface area contributed by atoms with E-state index in [1.54, 1.807) is 0 Å². The van der Waals surface area contributed by atoms with E-state index in [2.05, 4.69) is 6.92 Å². The topological polar surface area (TPSA) is 52.0 Å². The first kappa shape index (κ1) is 16.6. The molecule has 4 bridgehead atoms. The Morgan fingerprint density at radius 3 is 2.11 bits per heavy atom. The lowest BCUT2D eigenvalue weighted by molar-refractivity contribution is -0.149. The standard InChI is InChI=1S/C14H26N2.2ClH/c1-12-4-11-5-13(7-12,2-3-15)9-14(6-11,8-12)10-16;;/h11H,2-10,15-16H2,1H3;2*1H/t11-,12+,13-,14-;;/m0../s1. The average molecular weight is 295 g/mol. The molecule has 4 aliphatic rings. The predicted molar refractivity (Wildman–Crippen MR) is 81.4 cm³/mol. The third-order valence-electron chi connectivity index (χ3n) is 5.69. The molecule has 4 fully saturated rings. The molecule has 4 heteroatoms. The van der Waals surface area contributed by atoms with E-state index in [9.17, 15) is 0 Å². The first-order valence-corrected chi connectivity index (χ1v) is 6.93. The zero-order valence-corrected chi connectivity index (χ0v) is 13.0. The summed E-state index contributed by atoms with van der Waals surface area (Å²) >= 11 is 0. The van der Waals surface area contributed by atoms with Crippen LogP contribution in [0.5, 0.6) is 0 Å². The summed E-state index contributed by atoms with van der Waals surface area (Å²) in [6.07, 6.45) is 9.74. The van der Waals surface area contributed by atoms with Crippen molar-refractivity contribution in [3.63, 3.8) is 0 Å². The van der Waals surface area contributed by atoms with Crippen molar-refractivity contribution < 1.29 is 0 Å². The summed E-state index contributed by atoms with van der Waals surface area (Å²) in [6, 6.07) is 0. The number of hydrogen-bond donors (Lipinski definition) is 2. The van der Waals surface area contributed by atoms with Gasteiger partial charge in [0.1, 0.15) is 0 Å². The Morgan fingerprint density at radius 2 is 1.56 bits per heavy atom. The molecule has 0 aromatic carbocycles. The van der Waals surface area contributed by atoms with Crippen molar-refractivity contribution in [1.82, 2.24) is 0 Å². The molecule has 0 radical (unpaired) electrons. The third kappa shape index (κ3) is 2.42. The van der Waals surface area contributed by atoms with Gasteiger partial charge in [-0.15, -0.1) is 24.8 Å². The molecule has 4 atom stereocenters. The van der Waals surface area contributed by atoms with Crippen LogP contribution in [0.1, 0.15) is 51.9 Å². The molecule has 108 valence electrons. The Bertz CT molecular complexity index is 312. The highest BCUT2D eigenvalue weighted by atomic mass is 35.5. The molecule has 2 nitrogen and oxygen atoms in total. The Labute approximate surface area is 123 Å². The van der Waals surface area contributed by atoms with Gasteiger partial charge >= 0.3 is 0 Å². The second-order valence-electron chi connectivity index (χ2n) is 7.56. The van der Waals surface area contributed by atoms with Crippen LogP contribution in [-0.4, -0.2) is 13.1 Å². The van der Waals surface area contributed by atoms with Crippen molar-refractivity contribution in [2.75, 3.05) is 13.1 Å². The molecular weight excluding hydrogens is 267 g/mol. The van der Waals surface area contributed by atoms with E-state index in [0.717, 1.165) is 19.0 Å². The number of nitrogens with two attached hydrogens (primary N) is 2. The quantitative estimate of drug-likeness (QED) is 0.840. The van der Waals surface area contributed by atoms with Gasteiger partial charge in [-0.2, -0.15) is 0 Å². The SMILES string of the molecule is C[C@@]12C[C@H]3C[C@@](CCN)(C1)C[C@](CN)(C3)C2.Cl.Cl. The van der Waals surface area contributed by atoms with E-state index < -0.39 is 0 Å². The van der Waals surface area contributed by atoms with E-state index >= 15 is 0 Å². The van der Waals surface area contributed by atoms with Gasteiger partial charge in [0.05, 0.1) is 0 Å². The van der Waals surface area contributed by atoms with Gasteiger partial charge in [-0.25, -0.2) is 0 Å². The van der Waals surface area contributed by atoms with Crippen LogP contribution in [-0.2, 0) is 0 Å². The summed E-state index contributed by atoms with van der Waals surface area (Å²) in [7, 11) is 0. The molecule has 0 aliphatic heterocycles. The Balaban J connectivity index is 0.000000810. The molecule has 4 N–H and O–H groups in total. The van der Waals surface area contributed by atoms with Crippen molar-refractivity contribution in [2.45, 2.75) is 51.9 Å². The molecule has 0 aromatic heterocycles. The van der Waals surface area contributed by atoms with E-state index in [4.69, 9.17) is 11.5 Å². The summed E-state index contributed by atoms with van der Waals surface area (Å²) in [4.78, 5) is 0. The first-order chi connectivity index (χ1) is 7.53. The molecule has 0 saturated heterocycles. The molecule has 4 aliphatic carbocycles. The van der Waals surface area contributed by atoms with Crippen molar-refractivity contribution >= 4 is 24.8 Å². The fourth-order valence-corrected chi connectivity index (χ4v) is 6.18. The number of rotatable bonds is 3. The van der Waals surface area contributed by atoms with Crippen LogP contribution in [0.15, 0.2) is 0 Å². The predicted octanol–water partition coefficient (Wildman–Crippen LogP) is 3.11. The van der Waals surface area contributed by atoms with E-state index in [0.29, 0.717) is 16.2 Å². The lowest BCUT2D eigenvalue weighted by Crippen LogP contribution is -2.58. The normalized spacial score (nSPS) is 48.5. The van der Waals surface area contributed by atoms with Gasteiger partial charge in [-0.3, -0.25) is 0 Å². The highest BCUT2D eigenvalue weighted by Gasteiger charge is 2.60. The Kier molecular flexibility index (Phi) is 4.71. The van der Waals surface area contributed by atoms with Crippen LogP contribution in [0, 0.1) is 22.2 Å². The molecule has 0 spiro atoms. The lowest BCUT2D eigenvalue weighted by atomic mass is 9.39. The molecule has 0 aromatic rings. The largest absolute Gasteiger partial charge is 0.330 e. The van der Waals surface area contributed by atoms with Crippen LogP contribution in [0.25, 0.3) is 0 Å². The second-order valence-corrected chi connectivity index (χ2v) is 7.56. The summed E-state index contributed by atoms with van der Waals surface area (Å²) in [5, 5.41) is 0. The summed E-state index contributed by atoms with van der Waals surface area (Å²) in [6.45, 7) is 4.28. The van der Waals surface area contributed by atoms with Gasteiger partial charge in [0.2, 0.25) is 0 Å². The van der Waals surface area contributed by atoms with Crippen LogP contribution < -0.4 is 11.5 Å². The van der Waals surface area contributed by atoms with Gasteiger partial charge in [0.25, 0.3) is 0 Å². The van der Waals surface area contributed by atoms with Gasteiger partial charge in [0, 0.05) is 0 Å². The van der Waals surface area contributed by atoms with Crippen molar-refractivity contribution in [1.29, 1.82) is 0 Å². The van der Waals surface area contributed by atoms with Crippen molar-refractivity contribution in [2.24, 2.45) is 33.6 Å². The number of hydrogen-bond acceptors (Lipinski definition) is 2. The fourth-order valence-electron chi connectivity index (χ4n) is 6.18. The maximum absolute atomic E-state index is 6.11. The molecular formula is C14H28Cl2N2. The van der Waals surface area contributed by atoms with Gasteiger partial charge in [-0.05, 0) is 80.2 Å². The summed E-state index contributed by atoms with van der Waals surface area (Å²) < 4.78 is 0. The maximum Gasteiger partial charge on any atom is -0.00200 e. The third-order valence-corrected chi connectivity index (χ3v) is 5.69. The Morgan fingerprint density at radius 1 is 0.944 bits per heavy atom. The van der Waals surface area contributed by atoms with Gasteiger partial charge in [0.15, 0.2) is 0 Å². The highest BCUT2D eigenvalue weighted by molar-refractivity contribution is 5.85. The van der Waals surface area contributed by atoms with Crippen LogP contribution >= 0.6 is 24.8 Å². The molecule has 18 heavy (non-hydrogen) atoms. The van der Waals surface area contributed by atoms with Crippen molar-refractivity contribution in [3.8, 4) is 0 Å². The molecule has 0 heterocycles. The monoisotopic (exact) mass is 294 g/mol. The van der Waals surface area contributed by atoms with Crippen LogP contribution in [0.2, 0.25) is 0 Å². The minimum atomic E-state index is 0. The van der Waals surface area contributed by atoms with Crippen LogP contribution in [0.4, 0.5) is 0 Å². The smallest absolute Gasteiger partial charge is 0.00200 e. The lowest BCUT2D eigenvalue weighted by Gasteiger charge is -2.66. The van der Waals surface area contributed by atoms with E-state index in [1.807, 2.05) is 0 Å². The van der Waals surface area contributed by atoms with Crippen LogP contribution in [0.3, 0.4) is 0 Å². The molecule has 4 saturated carbocycles. The maximum atomic E-state index is 6.11. The van der Waals surface area contributed by atoms with E-state index in [-0.39, 0.29) is 24.8 Å². The minimum absolute atomic E-state index is 0. The highest BCUT2D eigenvalue weighted by Crippen LogP contribution is 2.70. The fraction of sp³-hybridized carbons (Fsp3) is 1.00. The average Bonchev–Trinajstić information content (AvgIpc) is 2.13. The molecule has 0 amide bonds. The van der Waals surface area contributed by atoms with E-state index in [1.165, 1.54) is 44.9 Å². The zero-order valence-electron chi connectivity index (χ0n) is 11.4. The summed E-state index contributed by atoms with van der Waals surface area (Å²) in [5.74, 6) is 0.955. The zero-order chi connectivity index (χ0) is 11.4. The minimum Gasteiger partial charge on any atom is -0.330 e. The first-order valence-electron chi connectivity index (χ1n) is 6.93. The summed E-state index contributed by atoms with van der Waals surface area (Å²) in [5.41, 5.74) is 13.6. The second kappa shape index (κ2) is 5.12. The van der Waals surface area contributed by atoms with Gasteiger partial charge in [-0.1, -0.05) is 6.92 Å². The Hall–Kier alpha value is 0.500. The molecule has 4 rings (SSSR count).